The van der Waals surface area contributed by atoms with Gasteiger partial charge in [0.1, 0.15) is 4.21 Å². The normalized spacial score (nSPS) is 15.0. The summed E-state index contributed by atoms with van der Waals surface area (Å²) in [6.45, 7) is 1.21. The second-order valence-corrected chi connectivity index (χ2v) is 15.0. The molecule has 1 aliphatic heterocycles. The van der Waals surface area contributed by atoms with Gasteiger partial charge in [0.05, 0.1) is 33.1 Å². The molecule has 2 N–H and O–H groups in total. The van der Waals surface area contributed by atoms with Gasteiger partial charge in [-0.3, -0.25) is 9.52 Å². The number of rotatable bonds is 7. The fourth-order valence-electron chi connectivity index (χ4n) is 3.29. The first-order valence-electron chi connectivity index (χ1n) is 10.2. The van der Waals surface area contributed by atoms with Crippen molar-refractivity contribution in [2.45, 2.75) is 9.10 Å². The van der Waals surface area contributed by atoms with Crippen LogP contribution < -0.4 is 10.0 Å². The Morgan fingerprint density at radius 2 is 1.67 bits per heavy atom. The summed E-state index contributed by atoms with van der Waals surface area (Å²) in [4.78, 5) is 13.1. The highest BCUT2D eigenvalue weighted by molar-refractivity contribution is 9.13. The minimum absolute atomic E-state index is 0.00854. The van der Waals surface area contributed by atoms with E-state index in [1.165, 1.54) is 52.8 Å². The number of sulfonamides is 2. The Balaban J connectivity index is 1.54. The number of morpholine rings is 1. The third-order valence-corrected chi connectivity index (χ3v) is 12.3. The summed E-state index contributed by atoms with van der Waals surface area (Å²) in [5.74, 6) is -0.632. The van der Waals surface area contributed by atoms with Crippen molar-refractivity contribution in [2.24, 2.45) is 0 Å². The molecular formula is C21H18Br2ClN3O6S3. The molecule has 0 bridgehead atoms. The second kappa shape index (κ2) is 11.1. The van der Waals surface area contributed by atoms with E-state index in [0.717, 1.165) is 11.3 Å². The van der Waals surface area contributed by atoms with Gasteiger partial charge in [-0.25, -0.2) is 16.8 Å². The van der Waals surface area contributed by atoms with Crippen LogP contribution in [0.4, 0.5) is 11.4 Å². The molecule has 0 atom stereocenters. The Hall–Kier alpha value is -1.52. The van der Waals surface area contributed by atoms with Crippen LogP contribution in [-0.2, 0) is 24.8 Å². The molecule has 0 spiro atoms. The molecule has 192 valence electrons. The number of amides is 1. The summed E-state index contributed by atoms with van der Waals surface area (Å²) in [5, 5.41) is 2.88. The van der Waals surface area contributed by atoms with E-state index in [1.54, 1.807) is 0 Å². The maximum absolute atomic E-state index is 13.0. The molecule has 4 rings (SSSR count). The largest absolute Gasteiger partial charge is 0.379 e. The van der Waals surface area contributed by atoms with E-state index < -0.39 is 26.0 Å². The van der Waals surface area contributed by atoms with Gasteiger partial charge >= 0.3 is 0 Å². The van der Waals surface area contributed by atoms with Crippen LogP contribution in [0.5, 0.6) is 0 Å². The Morgan fingerprint density at radius 3 is 2.28 bits per heavy atom. The molecule has 3 aromatic rings. The zero-order valence-electron chi connectivity index (χ0n) is 18.2. The first-order chi connectivity index (χ1) is 17.0. The summed E-state index contributed by atoms with van der Waals surface area (Å²) in [5.41, 5.74) is 0.343. The van der Waals surface area contributed by atoms with Crippen molar-refractivity contribution in [3.8, 4) is 0 Å². The molecule has 1 aliphatic rings. The van der Waals surface area contributed by atoms with Crippen molar-refractivity contribution in [3.63, 3.8) is 0 Å². The lowest BCUT2D eigenvalue weighted by Crippen LogP contribution is -2.40. The average molecular weight is 700 g/mol. The highest BCUT2D eigenvalue weighted by Gasteiger charge is 2.26. The van der Waals surface area contributed by atoms with Crippen molar-refractivity contribution < 1.29 is 26.4 Å². The Morgan fingerprint density at radius 1 is 1.00 bits per heavy atom. The Labute approximate surface area is 234 Å². The zero-order valence-corrected chi connectivity index (χ0v) is 24.6. The molecular weight excluding hydrogens is 682 g/mol. The van der Waals surface area contributed by atoms with Gasteiger partial charge in [-0.2, -0.15) is 4.31 Å². The predicted octanol–water partition coefficient (Wildman–Crippen LogP) is 5.00. The maximum atomic E-state index is 13.0. The maximum Gasteiger partial charge on any atom is 0.271 e. The van der Waals surface area contributed by atoms with Gasteiger partial charge in [0, 0.05) is 28.3 Å². The van der Waals surface area contributed by atoms with Gasteiger partial charge in [0.25, 0.3) is 15.9 Å². The summed E-state index contributed by atoms with van der Waals surface area (Å²) >= 11 is 13.6. The molecule has 2 aromatic carbocycles. The SMILES string of the molecule is O=C(Nc1ccc(S(=O)(=O)N2CCOCC2)cc1)c1cc(Cl)ccc1NS(=O)(=O)c1cc(Br)c(Br)s1. The number of anilines is 2. The van der Waals surface area contributed by atoms with E-state index in [1.807, 2.05) is 0 Å². The van der Waals surface area contributed by atoms with E-state index in [2.05, 4.69) is 41.9 Å². The molecule has 1 fully saturated rings. The van der Waals surface area contributed by atoms with Crippen LogP contribution in [-0.4, -0.2) is 53.4 Å². The minimum atomic E-state index is -3.98. The van der Waals surface area contributed by atoms with Crippen molar-refractivity contribution in [2.75, 3.05) is 36.3 Å². The van der Waals surface area contributed by atoms with Crippen molar-refractivity contribution >= 4 is 92.1 Å². The average Bonchev–Trinajstić information content (AvgIpc) is 3.20. The number of benzene rings is 2. The van der Waals surface area contributed by atoms with E-state index in [-0.39, 0.29) is 38.5 Å². The van der Waals surface area contributed by atoms with Crippen molar-refractivity contribution in [1.29, 1.82) is 0 Å². The Bertz CT molecular complexity index is 1490. The minimum Gasteiger partial charge on any atom is -0.379 e. The summed E-state index contributed by atoms with van der Waals surface area (Å²) in [7, 11) is -7.66. The molecule has 1 aromatic heterocycles. The van der Waals surface area contributed by atoms with Gasteiger partial charge < -0.3 is 10.1 Å². The Kier molecular flexibility index (Phi) is 8.46. The van der Waals surface area contributed by atoms with Crippen molar-refractivity contribution in [1.82, 2.24) is 4.31 Å². The van der Waals surface area contributed by atoms with E-state index in [4.69, 9.17) is 16.3 Å². The summed E-state index contributed by atoms with van der Waals surface area (Å²) < 4.78 is 61.5. The van der Waals surface area contributed by atoms with Gasteiger partial charge in [-0.15, -0.1) is 11.3 Å². The molecule has 2 heterocycles. The second-order valence-electron chi connectivity index (χ2n) is 7.48. The third-order valence-electron chi connectivity index (χ3n) is 5.08. The number of ether oxygens (including phenoxy) is 1. The number of carbonyl (C=O) groups excluding carboxylic acids is 1. The smallest absolute Gasteiger partial charge is 0.271 e. The molecule has 36 heavy (non-hydrogen) atoms. The predicted molar refractivity (Wildman–Crippen MR) is 146 cm³/mol. The number of carbonyl (C=O) groups is 1. The molecule has 0 saturated carbocycles. The lowest BCUT2D eigenvalue weighted by atomic mass is 10.1. The van der Waals surface area contributed by atoms with Crippen LogP contribution in [0.2, 0.25) is 5.02 Å². The monoisotopic (exact) mass is 697 g/mol. The van der Waals surface area contributed by atoms with Crippen LogP contribution in [0, 0.1) is 0 Å². The molecule has 9 nitrogen and oxygen atoms in total. The van der Waals surface area contributed by atoms with Crippen LogP contribution in [0.3, 0.4) is 0 Å². The summed E-state index contributed by atoms with van der Waals surface area (Å²) in [6.07, 6.45) is 0. The molecule has 15 heteroatoms. The highest BCUT2D eigenvalue weighted by Crippen LogP contribution is 2.36. The molecule has 0 radical (unpaired) electrons. The number of thiophene rings is 1. The fourth-order valence-corrected chi connectivity index (χ4v) is 8.77. The zero-order chi connectivity index (χ0) is 26.1. The lowest BCUT2D eigenvalue weighted by molar-refractivity contribution is 0.0730. The van der Waals surface area contributed by atoms with Crippen LogP contribution in [0.15, 0.2) is 65.9 Å². The van der Waals surface area contributed by atoms with Gasteiger partial charge in [0.15, 0.2) is 0 Å². The number of nitrogens with zero attached hydrogens (tertiary/aromatic N) is 1. The van der Waals surface area contributed by atoms with Gasteiger partial charge in [0.2, 0.25) is 10.0 Å². The van der Waals surface area contributed by atoms with Crippen LogP contribution in [0.25, 0.3) is 0 Å². The number of hydrogen-bond acceptors (Lipinski definition) is 7. The van der Waals surface area contributed by atoms with Crippen LogP contribution >= 0.6 is 54.8 Å². The van der Waals surface area contributed by atoms with Crippen LogP contribution in [0.1, 0.15) is 10.4 Å². The quantitative estimate of drug-likeness (QED) is 0.358. The molecule has 1 amide bonds. The highest BCUT2D eigenvalue weighted by atomic mass is 79.9. The van der Waals surface area contributed by atoms with Gasteiger partial charge in [-0.1, -0.05) is 11.6 Å². The number of hydrogen-bond donors (Lipinski definition) is 2. The fraction of sp³-hybridized carbons (Fsp3) is 0.190. The lowest BCUT2D eigenvalue weighted by Gasteiger charge is -2.26. The van der Waals surface area contributed by atoms with Gasteiger partial charge in [-0.05, 0) is 80.4 Å². The third kappa shape index (κ3) is 6.13. The standard InChI is InChI=1S/C21H18Br2ClN3O6S3/c22-17-12-19(34-20(17)23)35(29,30)26-18-6-1-13(24)11-16(18)21(28)25-14-2-4-15(5-3-14)36(31,32)27-7-9-33-10-8-27/h1-6,11-12,26H,7-10H2,(H,25,28). The van der Waals surface area contributed by atoms with Crippen molar-refractivity contribution in [3.05, 3.63) is 67.4 Å². The first kappa shape index (κ1) is 27.5. The molecule has 0 aliphatic carbocycles. The van der Waals surface area contributed by atoms with E-state index in [9.17, 15) is 21.6 Å². The first-order valence-corrected chi connectivity index (χ1v) is 15.9. The summed E-state index contributed by atoms with van der Waals surface area (Å²) in [6, 6.07) is 11.3. The van der Waals surface area contributed by atoms with E-state index in [0.29, 0.717) is 27.2 Å². The topological polar surface area (TPSA) is 122 Å². The van der Waals surface area contributed by atoms with E-state index >= 15 is 0 Å². The molecule has 0 unspecified atom stereocenters. The number of nitrogens with one attached hydrogen (secondary N) is 2. The number of halogens is 3. The molecule has 1 saturated heterocycles.